The van der Waals surface area contributed by atoms with Gasteiger partial charge in [0.2, 0.25) is 5.91 Å². The maximum Gasteiger partial charge on any atom is 0.239 e. The van der Waals surface area contributed by atoms with Gasteiger partial charge in [-0.1, -0.05) is 0 Å². The molecule has 0 bridgehead atoms. The Morgan fingerprint density at radius 3 is 2.73 bits per heavy atom. The van der Waals surface area contributed by atoms with Crippen LogP contribution in [0, 0.1) is 0 Å². The molecule has 15 heavy (non-hydrogen) atoms. The fourth-order valence-electron chi connectivity index (χ4n) is 1.70. The van der Waals surface area contributed by atoms with Crippen LogP contribution in [0.4, 0.5) is 0 Å². The molecule has 1 saturated heterocycles. The topological polar surface area (TPSA) is 55.6 Å². The number of hydrogen-bond donors (Lipinski definition) is 1. The van der Waals surface area contributed by atoms with Gasteiger partial charge < -0.3 is 15.4 Å². The lowest BCUT2D eigenvalue weighted by molar-refractivity contribution is -0.133. The van der Waals surface area contributed by atoms with Crippen molar-refractivity contribution in [3.8, 4) is 0 Å². The maximum absolute atomic E-state index is 11.6. The molecule has 1 heterocycles. The highest BCUT2D eigenvalue weighted by Gasteiger charge is 2.22. The Labute approximate surface area is 97.5 Å². The Morgan fingerprint density at radius 2 is 2.33 bits per heavy atom. The van der Waals surface area contributed by atoms with Crippen LogP contribution in [0.15, 0.2) is 0 Å². The van der Waals surface area contributed by atoms with Crippen molar-refractivity contribution in [3.63, 3.8) is 0 Å². The fraction of sp³-hybridized carbons (Fsp3) is 0.900. The van der Waals surface area contributed by atoms with Crippen LogP contribution in [0.5, 0.6) is 0 Å². The number of carbonyl (C=O) groups is 1. The summed E-state index contributed by atoms with van der Waals surface area (Å²) in [5.41, 5.74) is 5.55. The van der Waals surface area contributed by atoms with Gasteiger partial charge in [0.15, 0.2) is 0 Å². The van der Waals surface area contributed by atoms with Crippen LogP contribution in [-0.4, -0.2) is 42.6 Å². The molecule has 1 unspecified atom stereocenters. The first-order chi connectivity index (χ1) is 6.65. The Bertz CT molecular complexity index is 194. The van der Waals surface area contributed by atoms with Gasteiger partial charge in [0, 0.05) is 19.7 Å². The van der Waals surface area contributed by atoms with Gasteiger partial charge in [0.1, 0.15) is 0 Å². The van der Waals surface area contributed by atoms with Gasteiger partial charge in [-0.2, -0.15) is 0 Å². The van der Waals surface area contributed by atoms with E-state index in [1.165, 1.54) is 0 Å². The molecule has 0 radical (unpaired) electrons. The van der Waals surface area contributed by atoms with E-state index in [9.17, 15) is 4.79 Å². The van der Waals surface area contributed by atoms with E-state index >= 15 is 0 Å². The van der Waals surface area contributed by atoms with E-state index in [1.54, 1.807) is 11.8 Å². The number of ether oxygens (including phenoxy) is 1. The highest BCUT2D eigenvalue weighted by Crippen LogP contribution is 2.13. The standard InChI is InChI=1S/C10H20N2O2.ClH/c1-3-12(10(13)8(2)11)7-9-5-4-6-14-9;/h8-9H,3-7,11H2,1-2H3;1H/t8-,9?;/m1./s1. The Hall–Kier alpha value is -0.320. The van der Waals surface area contributed by atoms with Crippen LogP contribution < -0.4 is 5.73 Å². The van der Waals surface area contributed by atoms with Crippen molar-refractivity contribution >= 4 is 18.3 Å². The predicted molar refractivity (Wildman–Crippen MR) is 62.1 cm³/mol. The molecule has 2 N–H and O–H groups in total. The van der Waals surface area contributed by atoms with Crippen LogP contribution in [0.3, 0.4) is 0 Å². The molecule has 5 heteroatoms. The zero-order valence-electron chi connectivity index (χ0n) is 9.44. The van der Waals surface area contributed by atoms with Gasteiger partial charge in [0.05, 0.1) is 12.1 Å². The summed E-state index contributed by atoms with van der Waals surface area (Å²) in [5, 5.41) is 0. The monoisotopic (exact) mass is 236 g/mol. The maximum atomic E-state index is 11.6. The van der Waals surface area contributed by atoms with E-state index in [2.05, 4.69) is 0 Å². The van der Waals surface area contributed by atoms with Gasteiger partial charge in [-0.3, -0.25) is 4.79 Å². The van der Waals surface area contributed by atoms with Crippen LogP contribution in [-0.2, 0) is 9.53 Å². The van der Waals surface area contributed by atoms with Gasteiger partial charge in [-0.25, -0.2) is 0 Å². The number of likely N-dealkylation sites (N-methyl/N-ethyl adjacent to an activating group) is 1. The summed E-state index contributed by atoms with van der Waals surface area (Å²) >= 11 is 0. The van der Waals surface area contributed by atoms with E-state index in [-0.39, 0.29) is 24.4 Å². The van der Waals surface area contributed by atoms with Crippen molar-refractivity contribution in [1.29, 1.82) is 0 Å². The SMILES string of the molecule is CCN(CC1CCCO1)C(=O)[C@@H](C)N.Cl. The normalized spacial score (nSPS) is 21.9. The molecule has 1 aliphatic rings. The van der Waals surface area contributed by atoms with Crippen LogP contribution in [0.25, 0.3) is 0 Å². The Kier molecular flexibility index (Phi) is 6.89. The number of hydrogen-bond acceptors (Lipinski definition) is 3. The zero-order chi connectivity index (χ0) is 10.6. The van der Waals surface area contributed by atoms with Crippen molar-refractivity contribution in [1.82, 2.24) is 4.90 Å². The lowest BCUT2D eigenvalue weighted by atomic mass is 10.2. The summed E-state index contributed by atoms with van der Waals surface area (Å²) in [4.78, 5) is 13.4. The van der Waals surface area contributed by atoms with Gasteiger partial charge in [0.25, 0.3) is 0 Å². The number of nitrogens with two attached hydrogens (primary N) is 1. The van der Waals surface area contributed by atoms with Gasteiger partial charge in [-0.15, -0.1) is 12.4 Å². The summed E-state index contributed by atoms with van der Waals surface area (Å²) in [7, 11) is 0. The number of rotatable bonds is 4. The third-order valence-corrected chi connectivity index (χ3v) is 2.53. The molecule has 1 amide bonds. The molecule has 0 aliphatic carbocycles. The summed E-state index contributed by atoms with van der Waals surface area (Å²) in [6.45, 7) is 5.92. The second kappa shape index (κ2) is 7.04. The smallest absolute Gasteiger partial charge is 0.239 e. The van der Waals surface area contributed by atoms with Crippen molar-refractivity contribution in [2.75, 3.05) is 19.7 Å². The van der Waals surface area contributed by atoms with Crippen molar-refractivity contribution < 1.29 is 9.53 Å². The minimum Gasteiger partial charge on any atom is -0.376 e. The summed E-state index contributed by atoms with van der Waals surface area (Å²) in [5.74, 6) is 0.0167. The van der Waals surface area contributed by atoms with Crippen molar-refractivity contribution in [2.45, 2.75) is 38.8 Å². The molecule has 0 aromatic rings. The Morgan fingerprint density at radius 1 is 1.67 bits per heavy atom. The first kappa shape index (κ1) is 14.7. The summed E-state index contributed by atoms with van der Waals surface area (Å²) < 4.78 is 5.48. The fourth-order valence-corrected chi connectivity index (χ4v) is 1.70. The molecule has 0 spiro atoms. The molecular formula is C10H21ClN2O2. The molecular weight excluding hydrogens is 216 g/mol. The summed E-state index contributed by atoms with van der Waals surface area (Å²) in [6.07, 6.45) is 2.38. The Balaban J connectivity index is 0.00000196. The third kappa shape index (κ3) is 4.36. The van der Waals surface area contributed by atoms with Gasteiger partial charge >= 0.3 is 0 Å². The van der Waals surface area contributed by atoms with Crippen LogP contribution in [0.2, 0.25) is 0 Å². The quantitative estimate of drug-likeness (QED) is 0.785. The molecule has 0 aromatic carbocycles. The number of nitrogens with zero attached hydrogens (tertiary/aromatic N) is 1. The van der Waals surface area contributed by atoms with Gasteiger partial charge in [-0.05, 0) is 26.7 Å². The van der Waals surface area contributed by atoms with Crippen molar-refractivity contribution in [2.24, 2.45) is 5.73 Å². The van der Waals surface area contributed by atoms with E-state index < -0.39 is 6.04 Å². The molecule has 90 valence electrons. The lowest BCUT2D eigenvalue weighted by Crippen LogP contribution is -2.45. The summed E-state index contributed by atoms with van der Waals surface area (Å²) in [6, 6.07) is -0.406. The minimum absolute atomic E-state index is 0. The highest BCUT2D eigenvalue weighted by atomic mass is 35.5. The predicted octanol–water partition coefficient (Wildman–Crippen LogP) is 0.783. The minimum atomic E-state index is -0.406. The molecule has 1 fully saturated rings. The second-order valence-corrected chi connectivity index (χ2v) is 3.80. The molecule has 2 atom stereocenters. The van der Waals surface area contributed by atoms with E-state index in [4.69, 9.17) is 10.5 Å². The average Bonchev–Trinajstić information content (AvgIpc) is 2.65. The lowest BCUT2D eigenvalue weighted by Gasteiger charge is -2.25. The van der Waals surface area contributed by atoms with E-state index in [0.717, 1.165) is 19.4 Å². The zero-order valence-corrected chi connectivity index (χ0v) is 10.3. The van der Waals surface area contributed by atoms with E-state index in [1.807, 2.05) is 6.92 Å². The molecule has 1 rings (SSSR count). The molecule has 0 aromatic heterocycles. The third-order valence-electron chi connectivity index (χ3n) is 2.53. The average molecular weight is 237 g/mol. The largest absolute Gasteiger partial charge is 0.376 e. The highest BCUT2D eigenvalue weighted by molar-refractivity contribution is 5.85. The molecule has 0 saturated carbocycles. The first-order valence-corrected chi connectivity index (χ1v) is 5.31. The first-order valence-electron chi connectivity index (χ1n) is 5.31. The van der Waals surface area contributed by atoms with E-state index in [0.29, 0.717) is 13.1 Å². The number of halogens is 1. The van der Waals surface area contributed by atoms with Crippen molar-refractivity contribution in [3.05, 3.63) is 0 Å². The molecule has 4 nitrogen and oxygen atoms in total. The molecule has 1 aliphatic heterocycles. The number of carbonyl (C=O) groups excluding carboxylic acids is 1. The van der Waals surface area contributed by atoms with Crippen LogP contribution in [0.1, 0.15) is 26.7 Å². The van der Waals surface area contributed by atoms with Crippen LogP contribution >= 0.6 is 12.4 Å². The number of amides is 1. The second-order valence-electron chi connectivity index (χ2n) is 3.80.